The molecule has 2 aromatic carbocycles. The maximum absolute atomic E-state index is 12.4. The van der Waals surface area contributed by atoms with Gasteiger partial charge in [-0.3, -0.25) is 4.79 Å². The summed E-state index contributed by atoms with van der Waals surface area (Å²) in [6.07, 6.45) is 0. The van der Waals surface area contributed by atoms with Gasteiger partial charge in [-0.05, 0) is 36.8 Å². The maximum Gasteiger partial charge on any atom is 0.341 e. The van der Waals surface area contributed by atoms with Gasteiger partial charge in [0.1, 0.15) is 16.3 Å². The Morgan fingerprint density at radius 2 is 1.75 bits per heavy atom. The number of esters is 1. The number of carbonyl (C=O) groups excluding carboxylic acids is 2. The van der Waals surface area contributed by atoms with Crippen molar-refractivity contribution in [3.63, 3.8) is 0 Å². The lowest BCUT2D eigenvalue weighted by Crippen LogP contribution is -2.21. The highest BCUT2D eigenvalue weighted by atomic mass is 79.9. The quantitative estimate of drug-likeness (QED) is 0.508. The van der Waals surface area contributed by atoms with Gasteiger partial charge in [0, 0.05) is 14.9 Å². The molecule has 3 rings (SSSR count). The van der Waals surface area contributed by atoms with Gasteiger partial charge in [0.25, 0.3) is 5.91 Å². The third kappa shape index (κ3) is 4.61. The van der Waals surface area contributed by atoms with E-state index < -0.39 is 5.97 Å². The maximum atomic E-state index is 12.4. The van der Waals surface area contributed by atoms with Gasteiger partial charge in [0.05, 0.1) is 7.11 Å². The highest BCUT2D eigenvalue weighted by Gasteiger charge is 2.25. The Bertz CT molecular complexity index is 984. The van der Waals surface area contributed by atoms with Crippen LogP contribution in [-0.4, -0.2) is 25.6 Å². The molecule has 0 saturated carbocycles. The summed E-state index contributed by atoms with van der Waals surface area (Å²) in [6.45, 7) is 1.74. The summed E-state index contributed by atoms with van der Waals surface area (Å²) in [5.41, 5.74) is 2.01. The number of hydrogen-bond donors (Lipinski definition) is 1. The van der Waals surface area contributed by atoms with Crippen molar-refractivity contribution in [1.82, 2.24) is 0 Å². The first-order valence-corrected chi connectivity index (χ1v) is 10.1. The third-order valence-corrected chi connectivity index (χ3v) is 5.52. The number of hydrogen-bond acceptors (Lipinski definition) is 5. The average molecular weight is 460 g/mol. The van der Waals surface area contributed by atoms with Crippen LogP contribution in [0.2, 0.25) is 0 Å². The number of thiophene rings is 1. The molecule has 0 radical (unpaired) electrons. The third-order valence-electron chi connectivity index (χ3n) is 3.97. The van der Waals surface area contributed by atoms with Gasteiger partial charge in [0.2, 0.25) is 0 Å². The van der Waals surface area contributed by atoms with E-state index >= 15 is 0 Å². The lowest BCUT2D eigenvalue weighted by atomic mass is 10.0. The number of rotatable bonds is 6. The van der Waals surface area contributed by atoms with E-state index in [1.54, 1.807) is 12.1 Å². The van der Waals surface area contributed by atoms with E-state index in [4.69, 9.17) is 9.47 Å². The van der Waals surface area contributed by atoms with Crippen molar-refractivity contribution in [3.8, 4) is 16.9 Å². The molecule has 0 saturated heterocycles. The van der Waals surface area contributed by atoms with Gasteiger partial charge in [-0.15, -0.1) is 11.3 Å². The molecule has 0 fully saturated rings. The predicted molar refractivity (Wildman–Crippen MR) is 114 cm³/mol. The second kappa shape index (κ2) is 9.03. The lowest BCUT2D eigenvalue weighted by molar-refractivity contribution is -0.118. The molecule has 3 aromatic rings. The summed E-state index contributed by atoms with van der Waals surface area (Å²) in [5, 5.41) is 3.23. The number of methoxy groups -OCH3 is 1. The van der Waals surface area contributed by atoms with Crippen molar-refractivity contribution in [2.75, 3.05) is 19.0 Å². The van der Waals surface area contributed by atoms with Gasteiger partial charge in [-0.1, -0.05) is 46.3 Å². The van der Waals surface area contributed by atoms with Crippen LogP contribution >= 0.6 is 27.3 Å². The van der Waals surface area contributed by atoms with Crippen molar-refractivity contribution in [1.29, 1.82) is 0 Å². The normalized spacial score (nSPS) is 10.4. The Morgan fingerprint density at radius 3 is 2.39 bits per heavy atom. The smallest absolute Gasteiger partial charge is 0.341 e. The van der Waals surface area contributed by atoms with Crippen molar-refractivity contribution < 1.29 is 19.1 Å². The highest BCUT2D eigenvalue weighted by molar-refractivity contribution is 9.10. The number of amides is 1. The fourth-order valence-electron chi connectivity index (χ4n) is 2.72. The van der Waals surface area contributed by atoms with Crippen molar-refractivity contribution in [2.45, 2.75) is 6.92 Å². The molecule has 0 atom stereocenters. The Hall–Kier alpha value is -2.64. The van der Waals surface area contributed by atoms with Gasteiger partial charge in [0.15, 0.2) is 6.61 Å². The standard InChI is InChI=1S/C21H18BrNO4S/c1-13-18(14-6-4-3-5-7-14)19(21(25)26-2)20(28-13)23-17(24)12-27-16-10-8-15(22)9-11-16/h3-11H,12H2,1-2H3,(H,23,24). The van der Waals surface area contributed by atoms with Crippen LogP contribution in [0.4, 0.5) is 5.00 Å². The summed E-state index contributed by atoms with van der Waals surface area (Å²) in [7, 11) is 1.33. The van der Waals surface area contributed by atoms with Crippen molar-refractivity contribution in [2.24, 2.45) is 0 Å². The van der Waals surface area contributed by atoms with Crippen LogP contribution in [0.3, 0.4) is 0 Å². The van der Waals surface area contributed by atoms with Crippen LogP contribution in [0.5, 0.6) is 5.75 Å². The number of benzene rings is 2. The molecule has 7 heteroatoms. The first kappa shape index (κ1) is 20.1. The van der Waals surface area contributed by atoms with Crippen LogP contribution in [0.1, 0.15) is 15.2 Å². The highest BCUT2D eigenvalue weighted by Crippen LogP contribution is 2.40. The monoisotopic (exact) mass is 459 g/mol. The number of ether oxygens (including phenoxy) is 2. The molecule has 1 aromatic heterocycles. The zero-order chi connectivity index (χ0) is 20.1. The average Bonchev–Trinajstić information content (AvgIpc) is 3.03. The fourth-order valence-corrected chi connectivity index (χ4v) is 4.07. The minimum atomic E-state index is -0.493. The van der Waals surface area contributed by atoms with E-state index in [1.807, 2.05) is 49.4 Å². The molecule has 144 valence electrons. The lowest BCUT2D eigenvalue weighted by Gasteiger charge is -2.09. The van der Waals surface area contributed by atoms with Crippen LogP contribution in [0, 0.1) is 6.92 Å². The molecule has 1 heterocycles. The molecule has 0 bridgehead atoms. The molecular formula is C21H18BrNO4S. The van der Waals surface area contributed by atoms with Crippen molar-refractivity contribution in [3.05, 3.63) is 69.5 Å². The van der Waals surface area contributed by atoms with E-state index in [0.29, 0.717) is 16.3 Å². The molecule has 0 spiro atoms. The summed E-state index contributed by atoms with van der Waals surface area (Å²) >= 11 is 4.69. The molecular weight excluding hydrogens is 442 g/mol. The van der Waals surface area contributed by atoms with Crippen LogP contribution < -0.4 is 10.1 Å². The van der Waals surface area contributed by atoms with Gasteiger partial charge < -0.3 is 14.8 Å². The Balaban J connectivity index is 1.82. The molecule has 28 heavy (non-hydrogen) atoms. The summed E-state index contributed by atoms with van der Waals surface area (Å²) < 4.78 is 11.4. The Labute approximate surface area is 175 Å². The van der Waals surface area contributed by atoms with Crippen LogP contribution in [0.25, 0.3) is 11.1 Å². The molecule has 0 aliphatic carbocycles. The molecule has 0 aliphatic heterocycles. The van der Waals surface area contributed by atoms with Crippen LogP contribution in [-0.2, 0) is 9.53 Å². The summed E-state index contributed by atoms with van der Waals surface area (Å²) in [6, 6.07) is 16.7. The Kier molecular flexibility index (Phi) is 6.49. The summed E-state index contributed by atoms with van der Waals surface area (Å²) in [5.74, 6) is -0.264. The summed E-state index contributed by atoms with van der Waals surface area (Å²) in [4.78, 5) is 25.7. The predicted octanol–water partition coefficient (Wildman–Crippen LogP) is 5.29. The van der Waals surface area contributed by atoms with Gasteiger partial charge >= 0.3 is 5.97 Å². The molecule has 0 aliphatic rings. The molecule has 5 nitrogen and oxygen atoms in total. The van der Waals surface area contributed by atoms with Crippen LogP contribution in [0.15, 0.2) is 59.1 Å². The Morgan fingerprint density at radius 1 is 1.07 bits per heavy atom. The zero-order valence-corrected chi connectivity index (χ0v) is 17.7. The number of aryl methyl sites for hydroxylation is 1. The SMILES string of the molecule is COC(=O)c1c(NC(=O)COc2ccc(Br)cc2)sc(C)c1-c1ccccc1. The van der Waals surface area contributed by atoms with Gasteiger partial charge in [-0.25, -0.2) is 4.79 Å². The minimum absolute atomic E-state index is 0.167. The van der Waals surface area contributed by atoms with E-state index in [0.717, 1.165) is 20.5 Å². The number of nitrogens with one attached hydrogen (secondary N) is 1. The number of carbonyl (C=O) groups is 2. The van der Waals surface area contributed by atoms with E-state index in [1.165, 1.54) is 18.4 Å². The first-order chi connectivity index (χ1) is 13.5. The second-order valence-corrected chi connectivity index (χ2v) is 8.03. The fraction of sp³-hybridized carbons (Fsp3) is 0.143. The molecule has 1 amide bonds. The topological polar surface area (TPSA) is 64.6 Å². The first-order valence-electron chi connectivity index (χ1n) is 8.45. The molecule has 1 N–H and O–H groups in total. The van der Waals surface area contributed by atoms with E-state index in [-0.39, 0.29) is 12.5 Å². The number of anilines is 1. The van der Waals surface area contributed by atoms with Crippen molar-refractivity contribution >= 4 is 44.1 Å². The van der Waals surface area contributed by atoms with E-state index in [9.17, 15) is 9.59 Å². The molecule has 0 unspecified atom stereocenters. The number of halogens is 1. The minimum Gasteiger partial charge on any atom is -0.484 e. The zero-order valence-electron chi connectivity index (χ0n) is 15.3. The second-order valence-electron chi connectivity index (χ2n) is 5.89. The largest absolute Gasteiger partial charge is 0.484 e. The van der Waals surface area contributed by atoms with E-state index in [2.05, 4.69) is 21.2 Å². The van der Waals surface area contributed by atoms with Gasteiger partial charge in [-0.2, -0.15) is 0 Å².